The summed E-state index contributed by atoms with van der Waals surface area (Å²) in [4.78, 5) is 17.2. The molecule has 3 N–H and O–H groups in total. The molecule has 1 aliphatic rings. The number of hydrogen-bond acceptors (Lipinski definition) is 4. The number of rotatable bonds is 6. The van der Waals surface area contributed by atoms with Crippen molar-refractivity contribution in [2.45, 2.75) is 32.6 Å². The van der Waals surface area contributed by atoms with Gasteiger partial charge in [0.15, 0.2) is 5.13 Å². The predicted octanol–water partition coefficient (Wildman–Crippen LogP) is 4.64. The van der Waals surface area contributed by atoms with Gasteiger partial charge in [-0.1, -0.05) is 31.2 Å². The zero-order valence-corrected chi connectivity index (χ0v) is 16.4. The minimum Gasteiger partial charge on any atom is -0.329 e. The van der Waals surface area contributed by atoms with E-state index in [0.717, 1.165) is 29.7 Å². The van der Waals surface area contributed by atoms with Gasteiger partial charge in [0, 0.05) is 11.9 Å². The van der Waals surface area contributed by atoms with Crippen LogP contribution in [0.15, 0.2) is 41.8 Å². The van der Waals surface area contributed by atoms with Crippen molar-refractivity contribution in [1.29, 1.82) is 0 Å². The molecule has 1 aliphatic carbocycles. The van der Waals surface area contributed by atoms with Crippen LogP contribution in [0.25, 0.3) is 5.57 Å². The molecule has 27 heavy (non-hydrogen) atoms. The first kappa shape index (κ1) is 19.5. The van der Waals surface area contributed by atoms with Crippen molar-refractivity contribution in [1.82, 2.24) is 4.98 Å². The molecule has 1 aromatic heterocycles. The Morgan fingerprint density at radius 1 is 1.48 bits per heavy atom. The van der Waals surface area contributed by atoms with Crippen molar-refractivity contribution < 1.29 is 9.18 Å². The van der Waals surface area contributed by atoms with Gasteiger partial charge in [-0.2, -0.15) is 0 Å². The Morgan fingerprint density at radius 2 is 2.30 bits per heavy atom. The van der Waals surface area contributed by atoms with Crippen LogP contribution >= 0.6 is 11.3 Å². The Balaban J connectivity index is 1.71. The van der Waals surface area contributed by atoms with Crippen LogP contribution in [0.2, 0.25) is 0 Å². The lowest BCUT2D eigenvalue weighted by molar-refractivity contribution is -0.117. The quantitative estimate of drug-likeness (QED) is 0.761. The number of hydrogen-bond donors (Lipinski definition) is 2. The fourth-order valence-corrected chi connectivity index (χ4v) is 3.94. The molecule has 0 saturated carbocycles. The summed E-state index contributed by atoms with van der Waals surface area (Å²) < 4.78 is 13.3. The Bertz CT molecular complexity index is 887. The van der Waals surface area contributed by atoms with Crippen LogP contribution in [-0.2, 0) is 4.79 Å². The maximum absolute atomic E-state index is 13.3. The number of allylic oxidation sites excluding steroid dienone is 4. The second-order valence-electron chi connectivity index (χ2n) is 6.74. The number of thiazole rings is 1. The molecule has 1 amide bonds. The summed E-state index contributed by atoms with van der Waals surface area (Å²) in [5, 5.41) is 5.34. The third-order valence-electron chi connectivity index (χ3n) is 4.90. The number of aromatic nitrogens is 1. The van der Waals surface area contributed by atoms with E-state index in [2.05, 4.69) is 35.5 Å². The van der Waals surface area contributed by atoms with Crippen molar-refractivity contribution in [3.8, 4) is 0 Å². The molecule has 142 valence electrons. The monoisotopic (exact) mass is 385 g/mol. The first-order chi connectivity index (χ1) is 13.0. The minimum absolute atomic E-state index is 0.142. The highest BCUT2D eigenvalue weighted by Crippen LogP contribution is 2.29. The molecule has 6 heteroatoms. The van der Waals surface area contributed by atoms with Crippen LogP contribution in [0.1, 0.15) is 42.5 Å². The van der Waals surface area contributed by atoms with Crippen LogP contribution in [0.5, 0.6) is 0 Å². The van der Waals surface area contributed by atoms with Gasteiger partial charge in [0.1, 0.15) is 5.82 Å². The number of amides is 1. The molecule has 2 aromatic rings. The van der Waals surface area contributed by atoms with E-state index in [1.807, 2.05) is 5.38 Å². The van der Waals surface area contributed by atoms with Gasteiger partial charge in [-0.05, 0) is 54.5 Å². The number of anilines is 1. The Kier molecular flexibility index (Phi) is 6.19. The van der Waals surface area contributed by atoms with Crippen molar-refractivity contribution >= 4 is 27.9 Å². The lowest BCUT2D eigenvalue weighted by Crippen LogP contribution is -2.28. The molecule has 2 atom stereocenters. The standard InChI is InChI=1S/C21H24FN3OS/c1-3-14-4-6-15(7-5-14)19-12-27-21(24-19)25-20(26)18(11-23)17-9-8-16(22)10-13(17)2/h4,6-10,12,14,18H,3,5,11,23H2,1-2H3,(H,24,25,26). The number of carbonyl (C=O) groups excluding carboxylic acids is 1. The van der Waals surface area contributed by atoms with Crippen LogP contribution in [0, 0.1) is 18.7 Å². The second kappa shape index (κ2) is 8.59. The first-order valence-electron chi connectivity index (χ1n) is 9.13. The van der Waals surface area contributed by atoms with E-state index in [4.69, 9.17) is 5.73 Å². The Morgan fingerprint density at radius 3 is 2.93 bits per heavy atom. The summed E-state index contributed by atoms with van der Waals surface area (Å²) in [6.07, 6.45) is 8.65. The number of nitrogens with two attached hydrogens (primary N) is 1. The highest BCUT2D eigenvalue weighted by molar-refractivity contribution is 7.14. The van der Waals surface area contributed by atoms with E-state index in [1.54, 1.807) is 13.0 Å². The SMILES string of the molecule is CCC1C=CC(c2csc(NC(=O)C(CN)c3ccc(F)cc3C)n2)=CC1. The summed E-state index contributed by atoms with van der Waals surface area (Å²) in [5.41, 5.74) is 9.22. The molecular weight excluding hydrogens is 361 g/mol. The van der Waals surface area contributed by atoms with Gasteiger partial charge in [0.2, 0.25) is 5.91 Å². The van der Waals surface area contributed by atoms with Crippen LogP contribution in [0.3, 0.4) is 0 Å². The van der Waals surface area contributed by atoms with Gasteiger partial charge in [0.05, 0.1) is 11.6 Å². The summed E-state index contributed by atoms with van der Waals surface area (Å²) >= 11 is 1.39. The van der Waals surface area contributed by atoms with Crippen molar-refractivity contribution in [3.05, 3.63) is 64.4 Å². The molecule has 0 aliphatic heterocycles. The van der Waals surface area contributed by atoms with E-state index in [0.29, 0.717) is 16.6 Å². The fourth-order valence-electron chi connectivity index (χ4n) is 3.22. The van der Waals surface area contributed by atoms with E-state index in [9.17, 15) is 9.18 Å². The first-order valence-corrected chi connectivity index (χ1v) is 10.0. The van der Waals surface area contributed by atoms with Crippen molar-refractivity contribution in [2.75, 3.05) is 11.9 Å². The van der Waals surface area contributed by atoms with Crippen molar-refractivity contribution in [2.24, 2.45) is 11.7 Å². The zero-order valence-electron chi connectivity index (χ0n) is 15.5. The molecule has 0 bridgehead atoms. The summed E-state index contributed by atoms with van der Waals surface area (Å²) in [7, 11) is 0. The van der Waals surface area contributed by atoms with E-state index < -0.39 is 5.92 Å². The number of nitrogens with zero attached hydrogens (tertiary/aromatic N) is 1. The Labute approximate surface area is 163 Å². The van der Waals surface area contributed by atoms with E-state index in [-0.39, 0.29) is 18.3 Å². The normalized spacial score (nSPS) is 17.5. The topological polar surface area (TPSA) is 68.0 Å². The molecule has 0 spiro atoms. The lowest BCUT2D eigenvalue weighted by atomic mass is 9.94. The van der Waals surface area contributed by atoms with E-state index >= 15 is 0 Å². The van der Waals surface area contributed by atoms with Gasteiger partial charge in [-0.25, -0.2) is 9.37 Å². The lowest BCUT2D eigenvalue weighted by Gasteiger charge is -2.16. The van der Waals surface area contributed by atoms with Gasteiger partial charge < -0.3 is 11.1 Å². The number of benzene rings is 1. The predicted molar refractivity (Wildman–Crippen MR) is 109 cm³/mol. The zero-order chi connectivity index (χ0) is 19.4. The smallest absolute Gasteiger partial charge is 0.234 e. The third-order valence-corrected chi connectivity index (χ3v) is 5.66. The number of halogens is 1. The average Bonchev–Trinajstić information content (AvgIpc) is 3.12. The molecule has 4 nitrogen and oxygen atoms in total. The molecule has 0 fully saturated rings. The largest absolute Gasteiger partial charge is 0.329 e. The number of carbonyl (C=O) groups is 1. The molecular formula is C21H24FN3OS. The summed E-state index contributed by atoms with van der Waals surface area (Å²) in [5.74, 6) is -0.503. The van der Waals surface area contributed by atoms with Crippen molar-refractivity contribution in [3.63, 3.8) is 0 Å². The van der Waals surface area contributed by atoms with Crippen LogP contribution in [-0.4, -0.2) is 17.4 Å². The summed E-state index contributed by atoms with van der Waals surface area (Å²) in [6, 6.07) is 4.39. The number of aryl methyl sites for hydroxylation is 1. The highest BCUT2D eigenvalue weighted by atomic mass is 32.1. The van der Waals surface area contributed by atoms with Crippen LogP contribution in [0.4, 0.5) is 9.52 Å². The molecule has 3 rings (SSSR count). The second-order valence-corrected chi connectivity index (χ2v) is 7.60. The molecule has 0 saturated heterocycles. The molecule has 1 heterocycles. The summed E-state index contributed by atoms with van der Waals surface area (Å²) in [6.45, 7) is 4.10. The van der Waals surface area contributed by atoms with Gasteiger partial charge >= 0.3 is 0 Å². The maximum atomic E-state index is 13.3. The van der Waals surface area contributed by atoms with Gasteiger partial charge in [-0.15, -0.1) is 11.3 Å². The van der Waals surface area contributed by atoms with Crippen LogP contribution < -0.4 is 11.1 Å². The minimum atomic E-state index is -0.544. The molecule has 0 radical (unpaired) electrons. The van der Waals surface area contributed by atoms with Gasteiger partial charge in [-0.3, -0.25) is 4.79 Å². The number of nitrogens with one attached hydrogen (secondary N) is 1. The maximum Gasteiger partial charge on any atom is 0.234 e. The van der Waals surface area contributed by atoms with E-state index in [1.165, 1.54) is 23.5 Å². The third kappa shape index (κ3) is 4.51. The fraction of sp³-hybridized carbons (Fsp3) is 0.333. The average molecular weight is 386 g/mol. The molecule has 1 aromatic carbocycles. The Hall–Kier alpha value is -2.31. The van der Waals surface area contributed by atoms with Gasteiger partial charge in [0.25, 0.3) is 0 Å². The highest BCUT2D eigenvalue weighted by Gasteiger charge is 2.22. The molecule has 2 unspecified atom stereocenters.